The second-order valence-electron chi connectivity index (χ2n) is 8.22. The first-order chi connectivity index (χ1) is 14.6. The van der Waals surface area contributed by atoms with Crippen LogP contribution in [0, 0.1) is 12.7 Å². The Hall–Kier alpha value is -3.17. The van der Waals surface area contributed by atoms with Crippen LogP contribution in [0.15, 0.2) is 72.8 Å². The number of hydrogen-bond donors (Lipinski definition) is 0. The van der Waals surface area contributed by atoms with Gasteiger partial charge in [0, 0.05) is 42.4 Å². The quantitative estimate of drug-likeness (QED) is 0.405. The lowest BCUT2D eigenvalue weighted by Crippen LogP contribution is -2.26. The minimum absolute atomic E-state index is 0.214. The van der Waals surface area contributed by atoms with Crippen molar-refractivity contribution in [1.82, 2.24) is 9.47 Å². The molecule has 2 nitrogen and oxygen atoms in total. The fraction of sp³-hybridized carbons (Fsp3) is 0.185. The summed E-state index contributed by atoms with van der Waals surface area (Å²) in [7, 11) is 2.19. The normalized spacial score (nSPS) is 14.8. The van der Waals surface area contributed by atoms with Crippen LogP contribution >= 0.6 is 0 Å². The highest BCUT2D eigenvalue weighted by Gasteiger charge is 2.22. The molecule has 0 saturated heterocycles. The van der Waals surface area contributed by atoms with Gasteiger partial charge in [-0.05, 0) is 54.9 Å². The number of benzene rings is 3. The summed E-state index contributed by atoms with van der Waals surface area (Å²) in [6.07, 6.45) is 3.26. The predicted octanol–water partition coefficient (Wildman–Crippen LogP) is 6.12. The molecule has 0 spiro atoms. The van der Waals surface area contributed by atoms with E-state index >= 15 is 0 Å². The van der Waals surface area contributed by atoms with Crippen molar-refractivity contribution in [2.75, 3.05) is 13.6 Å². The van der Waals surface area contributed by atoms with Crippen molar-refractivity contribution < 1.29 is 4.39 Å². The summed E-state index contributed by atoms with van der Waals surface area (Å²) < 4.78 is 16.0. The second-order valence-corrected chi connectivity index (χ2v) is 8.22. The molecule has 0 N–H and O–H groups in total. The largest absolute Gasteiger partial charge is 0.319 e. The Kier molecular flexibility index (Phi) is 4.76. The zero-order valence-corrected chi connectivity index (χ0v) is 17.4. The van der Waals surface area contributed by atoms with E-state index in [9.17, 15) is 4.39 Å². The van der Waals surface area contributed by atoms with Crippen LogP contribution in [0.4, 0.5) is 4.39 Å². The summed E-state index contributed by atoms with van der Waals surface area (Å²) in [6.45, 7) is 4.17. The lowest BCUT2D eigenvalue weighted by molar-refractivity contribution is 0.312. The van der Waals surface area contributed by atoms with Gasteiger partial charge >= 0.3 is 0 Å². The summed E-state index contributed by atoms with van der Waals surface area (Å²) in [5.74, 6) is -0.214. The van der Waals surface area contributed by atoms with E-state index in [4.69, 9.17) is 0 Å². The Bertz CT molecular complexity index is 1230. The molecule has 3 heteroatoms. The van der Waals surface area contributed by atoms with Crippen molar-refractivity contribution in [2.45, 2.75) is 19.9 Å². The van der Waals surface area contributed by atoms with Crippen molar-refractivity contribution in [3.8, 4) is 0 Å². The molecule has 0 saturated carbocycles. The molecule has 0 aliphatic carbocycles. The van der Waals surface area contributed by atoms with Gasteiger partial charge in [-0.15, -0.1) is 0 Å². The molecule has 0 unspecified atom stereocenters. The number of aromatic nitrogens is 1. The zero-order chi connectivity index (χ0) is 20.7. The van der Waals surface area contributed by atoms with Crippen LogP contribution in [0.3, 0.4) is 0 Å². The molecule has 1 aromatic heterocycles. The first kappa shape index (κ1) is 18.8. The van der Waals surface area contributed by atoms with Crippen LogP contribution in [-0.2, 0) is 13.0 Å². The summed E-state index contributed by atoms with van der Waals surface area (Å²) in [5.41, 5.74) is 8.54. The van der Waals surface area contributed by atoms with Crippen molar-refractivity contribution in [2.24, 2.45) is 0 Å². The molecule has 1 aliphatic rings. The Balaban J connectivity index is 1.78. The van der Waals surface area contributed by atoms with Crippen LogP contribution in [0.1, 0.15) is 27.9 Å². The number of rotatable bonds is 3. The number of halogens is 1. The molecule has 0 bridgehead atoms. The lowest BCUT2D eigenvalue weighted by Gasteiger charge is -2.24. The van der Waals surface area contributed by atoms with Crippen molar-refractivity contribution in [1.29, 1.82) is 0 Å². The Morgan fingerprint density at radius 1 is 0.933 bits per heavy atom. The molecule has 0 radical (unpaired) electrons. The highest BCUT2D eigenvalue weighted by Crippen LogP contribution is 2.34. The molecule has 0 fully saturated rings. The molecule has 150 valence electrons. The van der Waals surface area contributed by atoms with Gasteiger partial charge in [0.15, 0.2) is 0 Å². The highest BCUT2D eigenvalue weighted by molar-refractivity contribution is 5.93. The number of fused-ring (bicyclic) bond motifs is 3. The summed E-state index contributed by atoms with van der Waals surface area (Å²) in [4.78, 5) is 2.39. The zero-order valence-electron chi connectivity index (χ0n) is 17.4. The third-order valence-corrected chi connectivity index (χ3v) is 6.03. The van der Waals surface area contributed by atoms with Crippen LogP contribution in [-0.4, -0.2) is 23.1 Å². The van der Waals surface area contributed by atoms with Crippen LogP contribution in [0.2, 0.25) is 0 Å². The van der Waals surface area contributed by atoms with Crippen molar-refractivity contribution in [3.63, 3.8) is 0 Å². The van der Waals surface area contributed by atoms with Gasteiger partial charge in [0.05, 0.1) is 5.52 Å². The van der Waals surface area contributed by atoms with Crippen molar-refractivity contribution >= 4 is 22.7 Å². The Morgan fingerprint density at radius 2 is 1.67 bits per heavy atom. The molecule has 3 aromatic carbocycles. The number of nitrogens with zero attached hydrogens (tertiary/aromatic N) is 2. The molecule has 2 heterocycles. The first-order valence-corrected chi connectivity index (χ1v) is 10.4. The minimum Gasteiger partial charge on any atom is -0.319 e. The van der Waals surface area contributed by atoms with Gasteiger partial charge in [0.1, 0.15) is 5.82 Å². The van der Waals surface area contributed by atoms with Crippen molar-refractivity contribution in [3.05, 3.63) is 107 Å². The van der Waals surface area contributed by atoms with E-state index < -0.39 is 0 Å². The maximum atomic E-state index is 13.6. The molecule has 0 amide bonds. The predicted molar refractivity (Wildman–Crippen MR) is 123 cm³/mol. The van der Waals surface area contributed by atoms with Crippen LogP contribution in [0.5, 0.6) is 0 Å². The second kappa shape index (κ2) is 7.58. The maximum Gasteiger partial charge on any atom is 0.123 e. The summed E-state index contributed by atoms with van der Waals surface area (Å²) >= 11 is 0. The topological polar surface area (TPSA) is 8.17 Å². The van der Waals surface area contributed by atoms with E-state index in [-0.39, 0.29) is 5.82 Å². The van der Waals surface area contributed by atoms with Crippen LogP contribution in [0.25, 0.3) is 22.7 Å². The third kappa shape index (κ3) is 3.35. The lowest BCUT2D eigenvalue weighted by atomic mass is 9.98. The summed E-state index contributed by atoms with van der Waals surface area (Å²) in [5, 5.41) is 1.33. The van der Waals surface area contributed by atoms with Gasteiger partial charge in [0.2, 0.25) is 0 Å². The van der Waals surface area contributed by atoms with E-state index in [1.54, 1.807) is 0 Å². The van der Waals surface area contributed by atoms with Crippen LogP contribution < -0.4 is 0 Å². The number of hydrogen-bond acceptors (Lipinski definition) is 1. The van der Waals surface area contributed by atoms with E-state index in [0.29, 0.717) is 0 Å². The fourth-order valence-corrected chi connectivity index (χ4v) is 4.48. The number of likely N-dealkylation sites (N-methyl/N-ethyl adjacent to an activating group) is 1. The fourth-order valence-electron chi connectivity index (χ4n) is 4.48. The Labute approximate surface area is 176 Å². The molecule has 1 aliphatic heterocycles. The molecular weight excluding hydrogens is 371 g/mol. The molecular formula is C27H25FN2. The van der Waals surface area contributed by atoms with Gasteiger partial charge in [-0.2, -0.15) is 0 Å². The molecule has 5 rings (SSSR count). The highest BCUT2D eigenvalue weighted by atomic mass is 19.1. The molecule has 30 heavy (non-hydrogen) atoms. The minimum atomic E-state index is -0.214. The molecule has 4 aromatic rings. The van der Waals surface area contributed by atoms with Gasteiger partial charge in [0.25, 0.3) is 0 Å². The standard InChI is InChI=1S/C27H25FN2/c1-19-8-13-26-23(16-19)25-17-29(2)15-14-27(25)30(26)18-24(20-6-4-3-5-7-20)21-9-11-22(28)12-10-21/h3-13,16,18H,14-15,17H2,1-2H3/b24-18+. The van der Waals surface area contributed by atoms with Gasteiger partial charge < -0.3 is 9.47 Å². The smallest absolute Gasteiger partial charge is 0.123 e. The SMILES string of the molecule is Cc1ccc2c(c1)c1c(n2/C=C(\c2ccccc2)c2ccc(F)cc2)CCN(C)C1. The van der Waals surface area contributed by atoms with Gasteiger partial charge in [-0.1, -0.05) is 54.1 Å². The van der Waals surface area contributed by atoms with E-state index in [2.05, 4.69) is 60.0 Å². The van der Waals surface area contributed by atoms with Gasteiger partial charge in [-0.3, -0.25) is 0 Å². The van der Waals surface area contributed by atoms with E-state index in [1.807, 2.05) is 30.3 Å². The Morgan fingerprint density at radius 3 is 2.43 bits per heavy atom. The summed E-state index contributed by atoms with van der Waals surface area (Å²) in [6, 6.07) is 23.9. The first-order valence-electron chi connectivity index (χ1n) is 10.4. The van der Waals surface area contributed by atoms with E-state index in [0.717, 1.165) is 36.2 Å². The van der Waals surface area contributed by atoms with Gasteiger partial charge in [-0.25, -0.2) is 4.39 Å². The maximum absolute atomic E-state index is 13.6. The third-order valence-electron chi connectivity index (χ3n) is 6.03. The average Bonchev–Trinajstić information content (AvgIpc) is 3.05. The average molecular weight is 397 g/mol. The van der Waals surface area contributed by atoms with E-state index in [1.165, 1.54) is 39.9 Å². The molecule has 0 atom stereocenters. The number of aryl methyl sites for hydroxylation is 1. The monoisotopic (exact) mass is 396 g/mol.